The zero-order valence-corrected chi connectivity index (χ0v) is 8.02. The molecule has 1 saturated heterocycles. The molecule has 1 saturated carbocycles. The Morgan fingerprint density at radius 1 is 0.750 bits per heavy atom. The molecule has 1 nitrogen and oxygen atoms in total. The first-order chi connectivity index (χ1) is 5.97. The summed E-state index contributed by atoms with van der Waals surface area (Å²) in [5.74, 6) is 2.10. The molecule has 2 fully saturated rings. The van der Waals surface area contributed by atoms with Crippen LogP contribution in [0.15, 0.2) is 0 Å². The molecule has 12 heavy (non-hydrogen) atoms. The van der Waals surface area contributed by atoms with Crippen LogP contribution in [-0.4, -0.2) is 13.1 Å². The molecule has 2 aliphatic rings. The van der Waals surface area contributed by atoms with Gasteiger partial charge in [0, 0.05) is 0 Å². The van der Waals surface area contributed by atoms with Gasteiger partial charge in [-0.2, -0.15) is 0 Å². The van der Waals surface area contributed by atoms with Crippen LogP contribution >= 0.6 is 0 Å². The minimum atomic E-state index is 1.03. The maximum atomic E-state index is 3.53. The number of hydrogen-bond donors (Lipinski definition) is 1. The maximum Gasteiger partial charge on any atom is -0.00179 e. The van der Waals surface area contributed by atoms with E-state index in [9.17, 15) is 0 Å². The zero-order valence-electron chi connectivity index (χ0n) is 8.02. The summed E-state index contributed by atoms with van der Waals surface area (Å²) in [6.45, 7) is 2.58. The second-order valence-electron chi connectivity index (χ2n) is 4.50. The summed E-state index contributed by atoms with van der Waals surface area (Å²) in [6, 6.07) is 0. The summed E-state index contributed by atoms with van der Waals surface area (Å²) in [4.78, 5) is 0. The first kappa shape index (κ1) is 8.55. The van der Waals surface area contributed by atoms with Crippen molar-refractivity contribution in [3.63, 3.8) is 0 Å². The Morgan fingerprint density at radius 2 is 1.50 bits per heavy atom. The van der Waals surface area contributed by atoms with Crippen LogP contribution in [0.5, 0.6) is 0 Å². The van der Waals surface area contributed by atoms with Crippen molar-refractivity contribution in [2.75, 3.05) is 13.1 Å². The molecule has 1 aliphatic carbocycles. The molecule has 0 amide bonds. The zero-order chi connectivity index (χ0) is 8.23. The first-order valence-electron chi connectivity index (χ1n) is 5.67. The Kier molecular flexibility index (Phi) is 3.04. The second-order valence-corrected chi connectivity index (χ2v) is 4.50. The highest BCUT2D eigenvalue weighted by Crippen LogP contribution is 2.32. The number of rotatable bonds is 1. The van der Waals surface area contributed by atoms with E-state index in [0.29, 0.717) is 0 Å². The highest BCUT2D eigenvalue weighted by Gasteiger charge is 2.24. The molecular weight excluding hydrogens is 146 g/mol. The highest BCUT2D eigenvalue weighted by atomic mass is 14.9. The Bertz CT molecular complexity index is 105. The predicted octanol–water partition coefficient (Wildman–Crippen LogP) is 2.57. The van der Waals surface area contributed by atoms with Gasteiger partial charge in [0.25, 0.3) is 0 Å². The molecular formula is C11H21N. The molecule has 1 heterocycles. The van der Waals surface area contributed by atoms with Crippen molar-refractivity contribution in [1.29, 1.82) is 0 Å². The lowest BCUT2D eigenvalue weighted by atomic mass is 9.77. The Hall–Kier alpha value is -0.0400. The summed E-state index contributed by atoms with van der Waals surface area (Å²) in [5.41, 5.74) is 0. The van der Waals surface area contributed by atoms with Crippen molar-refractivity contribution in [2.24, 2.45) is 11.8 Å². The van der Waals surface area contributed by atoms with E-state index in [2.05, 4.69) is 5.32 Å². The fourth-order valence-corrected chi connectivity index (χ4v) is 2.89. The fourth-order valence-electron chi connectivity index (χ4n) is 2.89. The van der Waals surface area contributed by atoms with Crippen LogP contribution in [0.25, 0.3) is 0 Å². The average Bonchev–Trinajstić information content (AvgIpc) is 2.21. The van der Waals surface area contributed by atoms with Gasteiger partial charge in [0.2, 0.25) is 0 Å². The van der Waals surface area contributed by atoms with Gasteiger partial charge < -0.3 is 5.32 Å². The molecule has 1 N–H and O–H groups in total. The number of nitrogens with one attached hydrogen (secondary N) is 1. The van der Waals surface area contributed by atoms with Crippen molar-refractivity contribution < 1.29 is 0 Å². The van der Waals surface area contributed by atoms with Gasteiger partial charge in [-0.25, -0.2) is 0 Å². The summed E-state index contributed by atoms with van der Waals surface area (Å²) >= 11 is 0. The Morgan fingerprint density at radius 3 is 2.17 bits per heavy atom. The van der Waals surface area contributed by atoms with Crippen LogP contribution in [0.2, 0.25) is 0 Å². The molecule has 0 radical (unpaired) electrons. The average molecular weight is 167 g/mol. The molecule has 0 aromatic heterocycles. The van der Waals surface area contributed by atoms with E-state index in [1.165, 1.54) is 58.0 Å². The third-order valence-corrected chi connectivity index (χ3v) is 3.65. The lowest BCUT2D eigenvalue weighted by Crippen LogP contribution is -2.34. The summed E-state index contributed by atoms with van der Waals surface area (Å²) in [5, 5.41) is 3.53. The fraction of sp³-hybridized carbons (Fsp3) is 1.00. The molecule has 70 valence electrons. The van der Waals surface area contributed by atoms with Crippen molar-refractivity contribution in [3.05, 3.63) is 0 Å². The monoisotopic (exact) mass is 167 g/mol. The van der Waals surface area contributed by atoms with E-state index in [-0.39, 0.29) is 0 Å². The molecule has 0 aromatic rings. The minimum Gasteiger partial charge on any atom is -0.316 e. The van der Waals surface area contributed by atoms with E-state index in [4.69, 9.17) is 0 Å². The molecule has 2 rings (SSSR count). The molecule has 1 aliphatic heterocycles. The number of piperidine rings is 1. The van der Waals surface area contributed by atoms with Gasteiger partial charge in [-0.15, -0.1) is 0 Å². The molecule has 0 bridgehead atoms. The van der Waals surface area contributed by atoms with Gasteiger partial charge in [-0.3, -0.25) is 0 Å². The maximum absolute atomic E-state index is 3.53. The van der Waals surface area contributed by atoms with Crippen LogP contribution in [0.3, 0.4) is 0 Å². The van der Waals surface area contributed by atoms with Gasteiger partial charge >= 0.3 is 0 Å². The Balaban J connectivity index is 1.80. The van der Waals surface area contributed by atoms with Crippen LogP contribution < -0.4 is 5.32 Å². The standard InChI is InChI=1S/C11H21N/c1-2-5-10(6-3-1)11-7-4-8-12-9-11/h10-12H,1-9H2/t11-/m0/s1. The smallest absolute Gasteiger partial charge is 0.00179 e. The van der Waals surface area contributed by atoms with E-state index in [1.807, 2.05) is 0 Å². The van der Waals surface area contributed by atoms with E-state index < -0.39 is 0 Å². The van der Waals surface area contributed by atoms with Crippen molar-refractivity contribution in [2.45, 2.75) is 44.9 Å². The van der Waals surface area contributed by atoms with Crippen molar-refractivity contribution >= 4 is 0 Å². The largest absolute Gasteiger partial charge is 0.316 e. The van der Waals surface area contributed by atoms with Crippen molar-refractivity contribution in [3.8, 4) is 0 Å². The lowest BCUT2D eigenvalue weighted by molar-refractivity contribution is 0.208. The van der Waals surface area contributed by atoms with Gasteiger partial charge in [0.05, 0.1) is 0 Å². The second kappa shape index (κ2) is 4.27. The minimum absolute atomic E-state index is 1.03. The van der Waals surface area contributed by atoms with E-state index in [0.717, 1.165) is 11.8 Å². The van der Waals surface area contributed by atoms with Gasteiger partial charge in [0.15, 0.2) is 0 Å². The van der Waals surface area contributed by atoms with Gasteiger partial charge in [-0.05, 0) is 37.8 Å². The normalized spacial score (nSPS) is 33.5. The van der Waals surface area contributed by atoms with E-state index in [1.54, 1.807) is 0 Å². The Labute approximate surface area is 75.9 Å². The molecule has 0 unspecified atom stereocenters. The molecule has 1 heteroatoms. The van der Waals surface area contributed by atoms with Gasteiger partial charge in [-0.1, -0.05) is 32.1 Å². The van der Waals surface area contributed by atoms with E-state index >= 15 is 0 Å². The summed E-state index contributed by atoms with van der Waals surface area (Å²) < 4.78 is 0. The summed E-state index contributed by atoms with van der Waals surface area (Å²) in [7, 11) is 0. The van der Waals surface area contributed by atoms with Crippen molar-refractivity contribution in [1.82, 2.24) is 5.32 Å². The molecule has 0 spiro atoms. The molecule has 1 atom stereocenters. The summed E-state index contributed by atoms with van der Waals surface area (Å²) in [6.07, 6.45) is 10.5. The third kappa shape index (κ3) is 2.01. The van der Waals surface area contributed by atoms with Crippen LogP contribution in [-0.2, 0) is 0 Å². The quantitative estimate of drug-likeness (QED) is 0.633. The van der Waals surface area contributed by atoms with Crippen LogP contribution in [0, 0.1) is 11.8 Å². The van der Waals surface area contributed by atoms with Crippen LogP contribution in [0.1, 0.15) is 44.9 Å². The highest BCUT2D eigenvalue weighted by molar-refractivity contribution is 4.78. The first-order valence-corrected chi connectivity index (χ1v) is 5.67. The topological polar surface area (TPSA) is 12.0 Å². The van der Waals surface area contributed by atoms with Crippen LogP contribution in [0.4, 0.5) is 0 Å². The van der Waals surface area contributed by atoms with Gasteiger partial charge in [0.1, 0.15) is 0 Å². The third-order valence-electron chi connectivity index (χ3n) is 3.65. The predicted molar refractivity (Wildman–Crippen MR) is 52.2 cm³/mol. The lowest BCUT2D eigenvalue weighted by Gasteiger charge is -2.33. The number of hydrogen-bond acceptors (Lipinski definition) is 1. The molecule has 0 aromatic carbocycles. The SMILES string of the molecule is C1CCC([C@H]2CCCNC2)CC1.